The van der Waals surface area contributed by atoms with Gasteiger partial charge in [-0.05, 0) is 83.9 Å². The molecule has 1 aromatic heterocycles. The highest BCUT2D eigenvalue weighted by molar-refractivity contribution is 9.10. The zero-order chi connectivity index (χ0) is 25.7. The fourth-order valence-corrected chi connectivity index (χ4v) is 4.96. The number of rotatable bonds is 4. The second-order valence-electron chi connectivity index (χ2n) is 8.82. The Morgan fingerprint density at radius 1 is 1.08 bits per heavy atom. The molecule has 0 N–H and O–H groups in total. The van der Waals surface area contributed by atoms with Gasteiger partial charge < -0.3 is 18.8 Å². The third-order valence-corrected chi connectivity index (χ3v) is 6.54. The van der Waals surface area contributed by atoms with Gasteiger partial charge in [-0.2, -0.15) is 18.4 Å². The lowest BCUT2D eigenvalue weighted by Crippen LogP contribution is -2.19. The second-order valence-corrected chi connectivity index (χ2v) is 9.67. The molecule has 0 saturated carbocycles. The van der Waals surface area contributed by atoms with Gasteiger partial charge >= 0.3 is 6.18 Å². The van der Waals surface area contributed by atoms with E-state index in [1.54, 1.807) is 18.2 Å². The van der Waals surface area contributed by atoms with Crippen LogP contribution >= 0.6 is 15.9 Å². The molecule has 1 saturated heterocycles. The number of aromatic nitrogens is 1. The maximum Gasteiger partial charge on any atom is 0.417 e. The predicted octanol–water partition coefficient (Wildman–Crippen LogP) is 7.90. The zero-order valence-corrected chi connectivity index (χ0v) is 20.9. The molecule has 184 valence electrons. The molecular formula is C27H20BrF3N2O3. The molecule has 5 rings (SSSR count). The lowest BCUT2D eigenvalue weighted by molar-refractivity contribution is -0.139. The van der Waals surface area contributed by atoms with Crippen LogP contribution in [0.5, 0.6) is 11.5 Å². The lowest BCUT2D eigenvalue weighted by atomic mass is 10.1. The van der Waals surface area contributed by atoms with Crippen molar-refractivity contribution < 1.29 is 27.4 Å². The summed E-state index contributed by atoms with van der Waals surface area (Å²) in [5.74, 6) is -0.0659. The average molecular weight is 557 g/mol. The number of benzene rings is 3. The van der Waals surface area contributed by atoms with E-state index in [9.17, 15) is 13.2 Å². The first-order chi connectivity index (χ1) is 17.1. The number of hydrogen-bond donors (Lipinski definition) is 0. The highest BCUT2D eigenvalue weighted by Crippen LogP contribution is 2.40. The average Bonchev–Trinajstić information content (AvgIpc) is 3.38. The summed E-state index contributed by atoms with van der Waals surface area (Å²) in [7, 11) is 0. The van der Waals surface area contributed by atoms with Crippen molar-refractivity contribution in [1.29, 1.82) is 5.26 Å². The molecule has 1 fully saturated rings. The largest absolute Gasteiger partial charge is 0.457 e. The van der Waals surface area contributed by atoms with Gasteiger partial charge in [0.2, 0.25) is 0 Å². The van der Waals surface area contributed by atoms with Crippen molar-refractivity contribution in [3.05, 3.63) is 88.0 Å². The minimum atomic E-state index is -4.61. The Hall–Kier alpha value is -3.32. The van der Waals surface area contributed by atoms with E-state index in [1.807, 2.05) is 54.9 Å². The molecule has 1 atom stereocenters. The van der Waals surface area contributed by atoms with Gasteiger partial charge in [0.1, 0.15) is 17.6 Å². The van der Waals surface area contributed by atoms with Gasteiger partial charge in [-0.15, -0.1) is 0 Å². The molecule has 0 aliphatic carbocycles. The van der Waals surface area contributed by atoms with Crippen LogP contribution in [0.2, 0.25) is 0 Å². The molecule has 36 heavy (non-hydrogen) atoms. The smallest absolute Gasteiger partial charge is 0.417 e. The molecule has 0 radical (unpaired) electrons. The molecule has 9 heteroatoms. The van der Waals surface area contributed by atoms with Crippen molar-refractivity contribution in [2.75, 3.05) is 6.61 Å². The van der Waals surface area contributed by atoms with E-state index in [0.717, 1.165) is 38.8 Å². The number of alkyl halides is 3. The van der Waals surface area contributed by atoms with Crippen LogP contribution < -0.4 is 4.74 Å². The summed E-state index contributed by atoms with van der Waals surface area (Å²) >= 11 is 3.69. The Kier molecular flexibility index (Phi) is 6.07. The molecule has 3 aromatic carbocycles. The monoisotopic (exact) mass is 556 g/mol. The van der Waals surface area contributed by atoms with Crippen LogP contribution in [-0.2, 0) is 15.7 Å². The first-order valence-electron chi connectivity index (χ1n) is 11.1. The maximum absolute atomic E-state index is 13.0. The van der Waals surface area contributed by atoms with Gasteiger partial charge in [0.05, 0.1) is 29.3 Å². The molecule has 0 spiro atoms. The van der Waals surface area contributed by atoms with Crippen molar-refractivity contribution in [3.63, 3.8) is 0 Å². The highest BCUT2D eigenvalue weighted by Gasteiger charge is 2.35. The third kappa shape index (κ3) is 4.60. The Bertz CT molecular complexity index is 1490. The van der Waals surface area contributed by atoms with E-state index in [0.29, 0.717) is 12.4 Å². The van der Waals surface area contributed by atoms with Gasteiger partial charge in [-0.25, -0.2) is 0 Å². The molecule has 1 aliphatic rings. The number of hydrogen-bond acceptors (Lipinski definition) is 4. The molecule has 4 aromatic rings. The van der Waals surface area contributed by atoms with Gasteiger partial charge in [-0.1, -0.05) is 12.1 Å². The topological polar surface area (TPSA) is 56.4 Å². The Morgan fingerprint density at radius 2 is 1.81 bits per heavy atom. The fraction of sp³-hybridized carbons (Fsp3) is 0.222. The summed E-state index contributed by atoms with van der Waals surface area (Å²) in [6.45, 7) is 4.25. The summed E-state index contributed by atoms with van der Waals surface area (Å²) in [6, 6.07) is 17.9. The number of ether oxygens (including phenoxy) is 3. The molecule has 1 aliphatic heterocycles. The molecule has 2 heterocycles. The molecule has 0 bridgehead atoms. The van der Waals surface area contributed by atoms with Crippen molar-refractivity contribution in [1.82, 2.24) is 4.57 Å². The highest BCUT2D eigenvalue weighted by atomic mass is 79.9. The van der Waals surface area contributed by atoms with Crippen LogP contribution in [0.25, 0.3) is 16.6 Å². The SMILES string of the molecule is CC1(C)OC[C@H](c2cccc3c2c(Br)cn3-c2ccc(Oc3ccc(C(F)(F)F)c(C#N)c3)cc2)O1. The zero-order valence-electron chi connectivity index (χ0n) is 19.3. The van der Waals surface area contributed by atoms with Crippen molar-refractivity contribution in [2.45, 2.75) is 31.9 Å². The summed E-state index contributed by atoms with van der Waals surface area (Å²) < 4.78 is 59.6. The number of halogens is 4. The molecular weight excluding hydrogens is 537 g/mol. The standard InChI is InChI=1S/C27H20BrF3N2O3/c1-26(2)34-15-24(36-26)20-4-3-5-23-25(20)22(28)14-33(23)17-6-8-18(9-7-17)35-19-10-11-21(27(29,30)31)16(12-19)13-32/h3-12,14,24H,15H2,1-2H3/t24-/m1/s1. The summed E-state index contributed by atoms with van der Waals surface area (Å²) in [6.07, 6.45) is -2.82. The van der Waals surface area contributed by atoms with Crippen LogP contribution in [0.4, 0.5) is 13.2 Å². The van der Waals surface area contributed by atoms with Crippen molar-refractivity contribution >= 4 is 26.8 Å². The van der Waals surface area contributed by atoms with Gasteiger partial charge in [-0.3, -0.25) is 0 Å². The quantitative estimate of drug-likeness (QED) is 0.256. The lowest BCUT2D eigenvalue weighted by Gasteiger charge is -2.18. The summed E-state index contributed by atoms with van der Waals surface area (Å²) in [5.41, 5.74) is 1.39. The van der Waals surface area contributed by atoms with E-state index in [-0.39, 0.29) is 11.9 Å². The van der Waals surface area contributed by atoms with Crippen LogP contribution in [-0.4, -0.2) is 17.0 Å². The van der Waals surface area contributed by atoms with Crippen molar-refractivity contribution in [2.24, 2.45) is 0 Å². The Morgan fingerprint density at radius 3 is 2.44 bits per heavy atom. The maximum atomic E-state index is 13.0. The molecule has 0 amide bonds. The first-order valence-corrected chi connectivity index (χ1v) is 11.9. The Labute approximate surface area is 213 Å². The van der Waals surface area contributed by atoms with E-state index < -0.39 is 23.1 Å². The molecule has 5 nitrogen and oxygen atoms in total. The minimum Gasteiger partial charge on any atom is -0.457 e. The normalized spacial score (nSPS) is 17.3. The Balaban J connectivity index is 1.43. The molecule has 0 unspecified atom stereocenters. The fourth-order valence-electron chi connectivity index (χ4n) is 4.33. The minimum absolute atomic E-state index is 0.146. The van der Waals surface area contributed by atoms with Gasteiger partial charge in [0, 0.05) is 21.7 Å². The predicted molar refractivity (Wildman–Crippen MR) is 131 cm³/mol. The van der Waals surface area contributed by atoms with Crippen LogP contribution in [0.15, 0.2) is 71.3 Å². The third-order valence-electron chi connectivity index (χ3n) is 5.94. The van der Waals surface area contributed by atoms with Gasteiger partial charge in [0.25, 0.3) is 0 Å². The second kappa shape index (κ2) is 8.96. The van der Waals surface area contributed by atoms with E-state index >= 15 is 0 Å². The van der Waals surface area contributed by atoms with Crippen LogP contribution in [0, 0.1) is 11.3 Å². The first kappa shape index (κ1) is 24.4. The number of nitriles is 1. The van der Waals surface area contributed by atoms with Crippen LogP contribution in [0.3, 0.4) is 0 Å². The van der Waals surface area contributed by atoms with Crippen LogP contribution in [0.1, 0.15) is 36.6 Å². The summed E-state index contributed by atoms with van der Waals surface area (Å²) in [4.78, 5) is 0. The summed E-state index contributed by atoms with van der Waals surface area (Å²) in [5, 5.41) is 10.1. The van der Waals surface area contributed by atoms with E-state index in [1.165, 1.54) is 6.07 Å². The van der Waals surface area contributed by atoms with E-state index in [2.05, 4.69) is 15.9 Å². The van der Waals surface area contributed by atoms with Gasteiger partial charge in [0.15, 0.2) is 5.79 Å². The number of nitrogens with zero attached hydrogens (tertiary/aromatic N) is 2. The van der Waals surface area contributed by atoms with Crippen molar-refractivity contribution in [3.8, 4) is 23.3 Å². The van der Waals surface area contributed by atoms with E-state index in [4.69, 9.17) is 19.5 Å². The number of fused-ring (bicyclic) bond motifs is 1.